The highest BCUT2D eigenvalue weighted by atomic mass is 35.5. The largest absolute Gasteiger partial charge is 0.503 e. The van der Waals surface area contributed by atoms with E-state index in [1.54, 1.807) is 0 Å². The topological polar surface area (TPSA) is 107 Å². The van der Waals surface area contributed by atoms with Crippen molar-refractivity contribution in [2.75, 3.05) is 0 Å². The van der Waals surface area contributed by atoms with Crippen LogP contribution < -0.4 is 5.73 Å². The third-order valence-corrected chi connectivity index (χ3v) is 0.509. The van der Waals surface area contributed by atoms with E-state index in [1.165, 1.54) is 0 Å². The zero-order valence-electron chi connectivity index (χ0n) is 4.35. The maximum atomic E-state index is 8.21. The van der Waals surface area contributed by atoms with E-state index in [2.05, 4.69) is 5.73 Å². The van der Waals surface area contributed by atoms with Crippen LogP contribution in [0.3, 0.4) is 0 Å². The highest BCUT2D eigenvalue weighted by molar-refractivity contribution is 5.85. The molecule has 5 nitrogen and oxygen atoms in total. The summed E-state index contributed by atoms with van der Waals surface area (Å²) in [6.45, 7) is 0. The Morgan fingerprint density at radius 3 is 1.56 bits per heavy atom. The van der Waals surface area contributed by atoms with Crippen LogP contribution in [0.25, 0.3) is 0 Å². The molecule has 0 rings (SSSR count). The van der Waals surface area contributed by atoms with Crippen molar-refractivity contribution in [1.82, 2.24) is 0 Å². The Morgan fingerprint density at radius 1 is 1.22 bits per heavy atom. The molecule has 0 saturated carbocycles. The van der Waals surface area contributed by atoms with E-state index in [0.717, 1.165) is 0 Å². The van der Waals surface area contributed by atoms with Gasteiger partial charge in [0.2, 0.25) is 5.76 Å². The smallest absolute Gasteiger partial charge is 0.318 e. The van der Waals surface area contributed by atoms with E-state index >= 15 is 0 Å². The Labute approximate surface area is 57.4 Å². The average molecular weight is 158 g/mol. The third kappa shape index (κ3) is 3.89. The van der Waals surface area contributed by atoms with Crippen LogP contribution in [0.2, 0.25) is 0 Å². The van der Waals surface area contributed by atoms with Crippen LogP contribution in [0.4, 0.5) is 0 Å². The maximum Gasteiger partial charge on any atom is 0.318 e. The number of aliphatic hydroxyl groups is 4. The predicted molar refractivity (Wildman–Crippen MR) is 32.4 cm³/mol. The number of hydrogen-bond acceptors (Lipinski definition) is 5. The molecule has 0 aromatic heterocycles. The molecule has 1 unspecified atom stereocenters. The van der Waals surface area contributed by atoms with Crippen LogP contribution in [0.1, 0.15) is 0 Å². The fourth-order valence-corrected chi connectivity index (χ4v) is 0.132. The van der Waals surface area contributed by atoms with Gasteiger partial charge < -0.3 is 20.4 Å². The van der Waals surface area contributed by atoms with E-state index in [9.17, 15) is 0 Å². The Bertz CT molecular complexity index is 108. The first-order chi connectivity index (χ1) is 3.55. The Kier molecular flexibility index (Phi) is 5.28. The number of aliphatic hydroxyl groups excluding tert-OH is 3. The molecule has 0 spiro atoms. The molecule has 0 saturated heterocycles. The molecule has 0 aliphatic rings. The summed E-state index contributed by atoms with van der Waals surface area (Å²) in [5.41, 5.74) is 4.56. The van der Waals surface area contributed by atoms with Gasteiger partial charge in [-0.1, -0.05) is 0 Å². The lowest BCUT2D eigenvalue weighted by molar-refractivity contribution is 0.100. The fourth-order valence-electron chi connectivity index (χ4n) is 0.132. The van der Waals surface area contributed by atoms with Gasteiger partial charge in [-0.2, -0.15) is 0 Å². The molecule has 0 aliphatic heterocycles. The van der Waals surface area contributed by atoms with Crippen LogP contribution in [-0.2, 0) is 0 Å². The lowest BCUT2D eigenvalue weighted by atomic mass is 10.5. The Hall–Kier alpha value is -0.650. The first-order valence-corrected chi connectivity index (χ1v) is 1.80. The number of rotatable bonds is 1. The molecule has 6 heteroatoms. The van der Waals surface area contributed by atoms with Crippen molar-refractivity contribution in [3.63, 3.8) is 0 Å². The zero-order valence-corrected chi connectivity index (χ0v) is 5.17. The van der Waals surface area contributed by atoms with Gasteiger partial charge in [0.15, 0.2) is 6.23 Å². The van der Waals surface area contributed by atoms with Gasteiger partial charge in [0.25, 0.3) is 0 Å². The van der Waals surface area contributed by atoms with Crippen LogP contribution >= 0.6 is 12.4 Å². The van der Waals surface area contributed by atoms with Crippen molar-refractivity contribution in [2.24, 2.45) is 5.73 Å². The summed E-state index contributed by atoms with van der Waals surface area (Å²) in [6, 6.07) is 0. The van der Waals surface area contributed by atoms with Gasteiger partial charge >= 0.3 is 5.95 Å². The summed E-state index contributed by atoms with van der Waals surface area (Å²) in [7, 11) is 0. The SMILES string of the molecule is Cl.NC(O)C(O)=C(O)O. The summed E-state index contributed by atoms with van der Waals surface area (Å²) in [6.07, 6.45) is -1.72. The summed E-state index contributed by atoms with van der Waals surface area (Å²) >= 11 is 0. The van der Waals surface area contributed by atoms with Crippen LogP contribution in [0, 0.1) is 0 Å². The molecule has 0 aliphatic carbocycles. The highest BCUT2D eigenvalue weighted by Crippen LogP contribution is 1.93. The fraction of sp³-hybridized carbons (Fsp3) is 0.333. The van der Waals surface area contributed by atoms with Crippen LogP contribution in [0.5, 0.6) is 0 Å². The summed E-state index contributed by atoms with van der Waals surface area (Å²) < 4.78 is 0. The number of halogens is 1. The molecule has 0 bridgehead atoms. The van der Waals surface area contributed by atoms with Gasteiger partial charge in [-0.15, -0.1) is 12.4 Å². The minimum Gasteiger partial charge on any atom is -0.503 e. The molecule has 1 atom stereocenters. The predicted octanol–water partition coefficient (Wildman–Crippen LogP) is -0.472. The standard InChI is InChI=1S/C3H7NO4.ClH/c4-2(6)1(5)3(7)8;/h2,5-8H,4H2;1H. The van der Waals surface area contributed by atoms with Crippen LogP contribution in [-0.4, -0.2) is 26.7 Å². The molecule has 9 heavy (non-hydrogen) atoms. The van der Waals surface area contributed by atoms with E-state index < -0.39 is 17.9 Å². The summed E-state index contributed by atoms with van der Waals surface area (Å²) in [5.74, 6) is -2.40. The minimum atomic E-state index is -1.72. The van der Waals surface area contributed by atoms with Crippen molar-refractivity contribution in [1.29, 1.82) is 0 Å². The summed E-state index contributed by atoms with van der Waals surface area (Å²) in [4.78, 5) is 0. The maximum absolute atomic E-state index is 8.21. The van der Waals surface area contributed by atoms with Gasteiger partial charge in [0, 0.05) is 0 Å². The lowest BCUT2D eigenvalue weighted by Gasteiger charge is -2.00. The summed E-state index contributed by atoms with van der Waals surface area (Å²) in [5, 5.41) is 32.2. The first kappa shape index (κ1) is 11.2. The van der Waals surface area contributed by atoms with Crippen molar-refractivity contribution in [3.8, 4) is 0 Å². The van der Waals surface area contributed by atoms with Crippen molar-refractivity contribution < 1.29 is 20.4 Å². The van der Waals surface area contributed by atoms with E-state index in [4.69, 9.17) is 20.4 Å². The number of nitrogens with two attached hydrogens (primary N) is 1. The molecule has 0 heterocycles. The Balaban J connectivity index is 0. The van der Waals surface area contributed by atoms with E-state index in [0.29, 0.717) is 0 Å². The monoisotopic (exact) mass is 157 g/mol. The van der Waals surface area contributed by atoms with Gasteiger partial charge in [0.1, 0.15) is 0 Å². The second-order valence-corrected chi connectivity index (χ2v) is 1.15. The second-order valence-electron chi connectivity index (χ2n) is 1.15. The second kappa shape index (κ2) is 4.25. The van der Waals surface area contributed by atoms with Crippen molar-refractivity contribution in [2.45, 2.75) is 6.23 Å². The van der Waals surface area contributed by atoms with Gasteiger partial charge in [-0.05, 0) is 0 Å². The third-order valence-electron chi connectivity index (χ3n) is 0.509. The first-order valence-electron chi connectivity index (χ1n) is 1.80. The zero-order chi connectivity index (χ0) is 6.73. The van der Waals surface area contributed by atoms with Crippen molar-refractivity contribution >= 4 is 12.4 Å². The Morgan fingerprint density at radius 2 is 1.56 bits per heavy atom. The van der Waals surface area contributed by atoms with Gasteiger partial charge in [-0.3, -0.25) is 5.73 Å². The molecular formula is C3H8ClNO4. The highest BCUT2D eigenvalue weighted by Gasteiger charge is 2.07. The molecule has 0 radical (unpaired) electrons. The van der Waals surface area contributed by atoms with Gasteiger partial charge in [0.05, 0.1) is 0 Å². The normalized spacial score (nSPS) is 11.3. The number of hydrogen-bond donors (Lipinski definition) is 5. The molecule has 56 valence electrons. The molecule has 0 aromatic carbocycles. The average Bonchev–Trinajstić information content (AvgIpc) is 1.64. The minimum absolute atomic E-state index is 0. The van der Waals surface area contributed by atoms with Crippen molar-refractivity contribution in [3.05, 3.63) is 11.7 Å². The molecule has 0 fully saturated rings. The van der Waals surface area contributed by atoms with E-state index in [-0.39, 0.29) is 12.4 Å². The molecular weight excluding hydrogens is 149 g/mol. The van der Waals surface area contributed by atoms with E-state index in [1.807, 2.05) is 0 Å². The quantitative estimate of drug-likeness (QED) is 0.261. The molecule has 6 N–H and O–H groups in total. The van der Waals surface area contributed by atoms with Crippen LogP contribution in [0.15, 0.2) is 11.7 Å². The molecule has 0 aromatic rings. The van der Waals surface area contributed by atoms with Gasteiger partial charge in [-0.25, -0.2) is 0 Å². The molecule has 0 amide bonds. The lowest BCUT2D eigenvalue weighted by Crippen LogP contribution is -2.22.